The Labute approximate surface area is 105 Å². The number of carbonyl (C=O) groups is 2. The van der Waals surface area contributed by atoms with Crippen molar-refractivity contribution in [2.45, 2.75) is 25.9 Å². The largest absolute Gasteiger partial charge is 0.472 e. The minimum absolute atomic E-state index is 0.150. The van der Waals surface area contributed by atoms with Crippen LogP contribution in [0, 0.1) is 0 Å². The minimum Gasteiger partial charge on any atom is -0.472 e. The number of nitrogens with one attached hydrogen (secondary N) is 2. The smallest absolute Gasteiger partial charge is 0.254 e. The van der Waals surface area contributed by atoms with Crippen LogP contribution in [0.15, 0.2) is 23.0 Å². The van der Waals surface area contributed by atoms with Gasteiger partial charge in [-0.15, -0.1) is 0 Å². The van der Waals surface area contributed by atoms with E-state index in [1.807, 2.05) is 0 Å². The van der Waals surface area contributed by atoms with E-state index in [0.29, 0.717) is 18.5 Å². The van der Waals surface area contributed by atoms with Crippen LogP contribution in [0.3, 0.4) is 0 Å². The van der Waals surface area contributed by atoms with Gasteiger partial charge in [0.2, 0.25) is 5.91 Å². The zero-order chi connectivity index (χ0) is 13.4. The normalized spacial score (nSPS) is 11.9. The number of aliphatic hydroxyl groups is 1. The Morgan fingerprint density at radius 3 is 2.78 bits per heavy atom. The molecule has 1 aromatic heterocycles. The molecule has 0 spiro atoms. The third kappa shape index (κ3) is 5.49. The van der Waals surface area contributed by atoms with Crippen molar-refractivity contribution in [2.75, 3.05) is 13.1 Å². The Bertz CT molecular complexity index is 373. The summed E-state index contributed by atoms with van der Waals surface area (Å²) in [5.41, 5.74) is 0.435. The van der Waals surface area contributed by atoms with Gasteiger partial charge in [-0.05, 0) is 19.4 Å². The summed E-state index contributed by atoms with van der Waals surface area (Å²) in [6.45, 7) is 2.37. The van der Waals surface area contributed by atoms with Gasteiger partial charge in [0.05, 0.1) is 17.9 Å². The Morgan fingerprint density at radius 2 is 2.17 bits per heavy atom. The predicted octanol–water partition coefficient (Wildman–Crippen LogP) is 0.287. The van der Waals surface area contributed by atoms with Crippen LogP contribution in [0.1, 0.15) is 30.1 Å². The number of aliphatic hydroxyl groups excluding tert-OH is 1. The SMILES string of the molecule is CC(O)CCNC(=O)CCNC(=O)c1ccoc1. The number of hydrogen-bond donors (Lipinski definition) is 3. The number of carbonyl (C=O) groups excluding carboxylic acids is 2. The predicted molar refractivity (Wildman–Crippen MR) is 65.0 cm³/mol. The molecule has 0 aliphatic rings. The van der Waals surface area contributed by atoms with Crippen LogP contribution in [0.25, 0.3) is 0 Å². The lowest BCUT2D eigenvalue weighted by atomic mass is 10.3. The highest BCUT2D eigenvalue weighted by Crippen LogP contribution is 1.98. The van der Waals surface area contributed by atoms with Gasteiger partial charge in [-0.3, -0.25) is 9.59 Å². The van der Waals surface area contributed by atoms with Gasteiger partial charge in [-0.1, -0.05) is 0 Å². The molecule has 3 N–H and O–H groups in total. The van der Waals surface area contributed by atoms with E-state index in [4.69, 9.17) is 9.52 Å². The number of hydrogen-bond acceptors (Lipinski definition) is 4. The number of amides is 2. The van der Waals surface area contributed by atoms with Crippen LogP contribution < -0.4 is 10.6 Å². The van der Waals surface area contributed by atoms with E-state index in [-0.39, 0.29) is 24.8 Å². The first-order chi connectivity index (χ1) is 8.59. The summed E-state index contributed by atoms with van der Waals surface area (Å²) >= 11 is 0. The van der Waals surface area contributed by atoms with E-state index in [2.05, 4.69) is 10.6 Å². The van der Waals surface area contributed by atoms with Gasteiger partial charge in [0, 0.05) is 19.5 Å². The fraction of sp³-hybridized carbons (Fsp3) is 0.500. The first-order valence-electron chi connectivity index (χ1n) is 5.84. The maximum atomic E-state index is 11.5. The van der Waals surface area contributed by atoms with Crippen LogP contribution in [0.4, 0.5) is 0 Å². The van der Waals surface area contributed by atoms with E-state index in [1.165, 1.54) is 12.5 Å². The van der Waals surface area contributed by atoms with Crippen LogP contribution in [-0.4, -0.2) is 36.1 Å². The Balaban J connectivity index is 2.10. The summed E-state index contributed by atoms with van der Waals surface area (Å²) in [6.07, 6.45) is 3.07. The van der Waals surface area contributed by atoms with Crippen molar-refractivity contribution >= 4 is 11.8 Å². The summed E-state index contributed by atoms with van der Waals surface area (Å²) in [4.78, 5) is 22.8. The highest BCUT2D eigenvalue weighted by molar-refractivity contribution is 5.93. The second-order valence-corrected chi connectivity index (χ2v) is 4.01. The molecule has 1 aromatic rings. The van der Waals surface area contributed by atoms with Crippen molar-refractivity contribution in [1.82, 2.24) is 10.6 Å². The monoisotopic (exact) mass is 254 g/mol. The fourth-order valence-electron chi connectivity index (χ4n) is 1.29. The summed E-state index contributed by atoms with van der Waals surface area (Å²) in [6, 6.07) is 1.55. The van der Waals surface area contributed by atoms with Crippen molar-refractivity contribution in [3.63, 3.8) is 0 Å². The lowest BCUT2D eigenvalue weighted by Crippen LogP contribution is -2.31. The molecule has 0 saturated carbocycles. The molecule has 1 unspecified atom stereocenters. The number of furan rings is 1. The molecule has 0 radical (unpaired) electrons. The highest BCUT2D eigenvalue weighted by Gasteiger charge is 2.07. The van der Waals surface area contributed by atoms with Gasteiger partial charge in [0.15, 0.2) is 0 Å². The highest BCUT2D eigenvalue weighted by atomic mass is 16.3. The average Bonchev–Trinajstić information content (AvgIpc) is 2.81. The quantitative estimate of drug-likeness (QED) is 0.652. The van der Waals surface area contributed by atoms with E-state index in [9.17, 15) is 9.59 Å². The molecule has 0 fully saturated rings. The van der Waals surface area contributed by atoms with Crippen LogP contribution in [-0.2, 0) is 4.79 Å². The lowest BCUT2D eigenvalue weighted by Gasteiger charge is -2.07. The molecule has 18 heavy (non-hydrogen) atoms. The first kappa shape index (κ1) is 14.2. The van der Waals surface area contributed by atoms with Crippen molar-refractivity contribution < 1.29 is 19.1 Å². The molecule has 0 aromatic carbocycles. The van der Waals surface area contributed by atoms with E-state index in [1.54, 1.807) is 13.0 Å². The molecule has 1 heterocycles. The second-order valence-electron chi connectivity index (χ2n) is 4.01. The van der Waals surface area contributed by atoms with Crippen molar-refractivity contribution in [3.05, 3.63) is 24.2 Å². The Kier molecular flexibility index (Phi) is 5.93. The maximum Gasteiger partial charge on any atom is 0.254 e. The zero-order valence-corrected chi connectivity index (χ0v) is 10.3. The van der Waals surface area contributed by atoms with Gasteiger partial charge in [-0.2, -0.15) is 0 Å². The van der Waals surface area contributed by atoms with Crippen molar-refractivity contribution in [3.8, 4) is 0 Å². The average molecular weight is 254 g/mol. The second kappa shape index (κ2) is 7.50. The molecule has 2 amide bonds. The topological polar surface area (TPSA) is 91.6 Å². The van der Waals surface area contributed by atoms with E-state index < -0.39 is 6.10 Å². The van der Waals surface area contributed by atoms with Crippen LogP contribution >= 0.6 is 0 Å². The van der Waals surface area contributed by atoms with Crippen LogP contribution in [0.5, 0.6) is 0 Å². The first-order valence-corrected chi connectivity index (χ1v) is 5.84. The molecule has 1 atom stereocenters. The molecular formula is C12H18N2O4. The number of rotatable bonds is 7. The third-order valence-corrected chi connectivity index (χ3v) is 2.31. The molecule has 0 aliphatic carbocycles. The molecule has 6 heteroatoms. The third-order valence-electron chi connectivity index (χ3n) is 2.31. The molecule has 1 rings (SSSR count). The molecule has 6 nitrogen and oxygen atoms in total. The fourth-order valence-corrected chi connectivity index (χ4v) is 1.29. The van der Waals surface area contributed by atoms with Gasteiger partial charge < -0.3 is 20.2 Å². The maximum absolute atomic E-state index is 11.5. The van der Waals surface area contributed by atoms with Gasteiger partial charge in [0.1, 0.15) is 6.26 Å². The Hall–Kier alpha value is -1.82. The van der Waals surface area contributed by atoms with Crippen molar-refractivity contribution in [1.29, 1.82) is 0 Å². The van der Waals surface area contributed by atoms with Crippen LogP contribution in [0.2, 0.25) is 0 Å². The molecule has 0 aliphatic heterocycles. The summed E-state index contributed by atoms with van der Waals surface area (Å²) in [5.74, 6) is -0.413. The van der Waals surface area contributed by atoms with Crippen molar-refractivity contribution in [2.24, 2.45) is 0 Å². The summed E-state index contributed by atoms with van der Waals surface area (Å²) in [5, 5.41) is 14.3. The summed E-state index contributed by atoms with van der Waals surface area (Å²) < 4.78 is 4.77. The molecule has 0 bridgehead atoms. The van der Waals surface area contributed by atoms with Gasteiger partial charge >= 0.3 is 0 Å². The lowest BCUT2D eigenvalue weighted by molar-refractivity contribution is -0.121. The molecule has 100 valence electrons. The minimum atomic E-state index is -0.425. The van der Waals surface area contributed by atoms with Gasteiger partial charge in [0.25, 0.3) is 5.91 Å². The zero-order valence-electron chi connectivity index (χ0n) is 10.3. The molecule has 0 saturated heterocycles. The summed E-state index contributed by atoms with van der Waals surface area (Å²) in [7, 11) is 0. The molecular weight excluding hydrogens is 236 g/mol. The van der Waals surface area contributed by atoms with Gasteiger partial charge in [-0.25, -0.2) is 0 Å². The standard InChI is InChI=1S/C12H18N2O4/c1-9(15)2-5-13-11(16)3-6-14-12(17)10-4-7-18-8-10/h4,7-9,15H,2-3,5-6H2,1H3,(H,13,16)(H,14,17). The van der Waals surface area contributed by atoms with E-state index in [0.717, 1.165) is 0 Å². The Morgan fingerprint density at radius 1 is 1.39 bits per heavy atom. The van der Waals surface area contributed by atoms with E-state index >= 15 is 0 Å².